The lowest BCUT2D eigenvalue weighted by Crippen LogP contribution is -2.50. The first kappa shape index (κ1) is 16.4. The molecule has 2 aromatic rings. The summed E-state index contributed by atoms with van der Waals surface area (Å²) in [5, 5.41) is 4.05. The van der Waals surface area contributed by atoms with E-state index in [-0.39, 0.29) is 12.1 Å². The molecular weight excluding hydrogens is 308 g/mol. The molecule has 1 amide bonds. The fourth-order valence-electron chi connectivity index (χ4n) is 3.04. The molecule has 0 radical (unpaired) electrons. The van der Waals surface area contributed by atoms with Crippen LogP contribution in [0, 0.1) is 6.92 Å². The highest BCUT2D eigenvalue weighted by Gasteiger charge is 2.31. The first-order chi connectivity index (χ1) is 11.7. The van der Waals surface area contributed by atoms with Gasteiger partial charge < -0.3 is 14.2 Å². The number of piperazine rings is 1. The molecule has 2 heterocycles. The van der Waals surface area contributed by atoms with Crippen molar-refractivity contribution in [2.45, 2.75) is 19.9 Å². The van der Waals surface area contributed by atoms with Gasteiger partial charge in [-0.05, 0) is 19.4 Å². The maximum absolute atomic E-state index is 11.9. The molecule has 0 bridgehead atoms. The van der Waals surface area contributed by atoms with Crippen molar-refractivity contribution in [1.29, 1.82) is 0 Å². The second-order valence-corrected chi connectivity index (χ2v) is 5.83. The molecule has 1 unspecified atom stereocenters. The van der Waals surface area contributed by atoms with Gasteiger partial charge in [0.25, 0.3) is 0 Å². The Morgan fingerprint density at radius 3 is 2.75 bits per heavy atom. The molecule has 1 saturated heterocycles. The van der Waals surface area contributed by atoms with Crippen LogP contribution < -0.4 is 0 Å². The molecule has 0 spiro atoms. The monoisotopic (exact) mass is 330 g/mol. The van der Waals surface area contributed by atoms with Crippen molar-refractivity contribution in [1.82, 2.24) is 19.9 Å². The van der Waals surface area contributed by atoms with Gasteiger partial charge in [-0.15, -0.1) is 0 Å². The molecule has 0 N–H and O–H groups in total. The van der Waals surface area contributed by atoms with Gasteiger partial charge in [-0.2, -0.15) is 4.98 Å². The molecule has 1 atom stereocenters. The minimum absolute atomic E-state index is 0.0759. The van der Waals surface area contributed by atoms with E-state index in [1.165, 1.54) is 12.0 Å². The second-order valence-electron chi connectivity index (χ2n) is 5.83. The van der Waals surface area contributed by atoms with Crippen molar-refractivity contribution in [2.24, 2.45) is 0 Å². The number of benzene rings is 1. The molecule has 1 fully saturated rings. The number of hydrogen-bond donors (Lipinski definition) is 0. The molecule has 1 aromatic carbocycles. The zero-order valence-corrected chi connectivity index (χ0v) is 14.0. The number of ether oxygens (including phenoxy) is 1. The number of rotatable bonds is 4. The highest BCUT2D eigenvalue weighted by atomic mass is 16.6. The molecule has 1 aromatic heterocycles. The van der Waals surface area contributed by atoms with Crippen molar-refractivity contribution in [3.63, 3.8) is 0 Å². The van der Waals surface area contributed by atoms with Crippen LogP contribution in [0.4, 0.5) is 4.79 Å². The summed E-state index contributed by atoms with van der Waals surface area (Å²) in [6.07, 6.45) is 1.11. The van der Waals surface area contributed by atoms with E-state index in [2.05, 4.69) is 40.2 Å². The third-order valence-corrected chi connectivity index (χ3v) is 4.19. The zero-order chi connectivity index (χ0) is 16.9. The Morgan fingerprint density at radius 1 is 1.33 bits per heavy atom. The van der Waals surface area contributed by atoms with Gasteiger partial charge in [-0.25, -0.2) is 4.79 Å². The van der Waals surface area contributed by atoms with Crippen LogP contribution in [0.1, 0.15) is 29.9 Å². The lowest BCUT2D eigenvalue weighted by Gasteiger charge is -2.37. The molecule has 3 rings (SSSR count). The van der Waals surface area contributed by atoms with Gasteiger partial charge in [0.1, 0.15) is 0 Å². The van der Waals surface area contributed by atoms with E-state index in [1.807, 2.05) is 13.0 Å². The number of carbonyl (C=O) groups excluding carboxylic acids is 1. The van der Waals surface area contributed by atoms with Crippen LogP contribution in [0.15, 0.2) is 35.2 Å². The standard InChI is InChI=1S/C17H22N4O3/c1-3-23-17(22)21-9-7-20(8-10-21)15(16-18-12-24-19-16)14-6-4-5-13(2)11-14/h4-6,11-12,15H,3,7-10H2,1-2H3. The fraction of sp³-hybridized carbons (Fsp3) is 0.471. The smallest absolute Gasteiger partial charge is 0.409 e. The summed E-state index contributed by atoms with van der Waals surface area (Å²) in [7, 11) is 0. The minimum Gasteiger partial charge on any atom is -0.450 e. The van der Waals surface area contributed by atoms with Crippen LogP contribution in [0.3, 0.4) is 0 Å². The maximum Gasteiger partial charge on any atom is 0.409 e. The summed E-state index contributed by atoms with van der Waals surface area (Å²) in [5.41, 5.74) is 2.31. The van der Waals surface area contributed by atoms with Crippen molar-refractivity contribution in [3.8, 4) is 0 Å². The minimum atomic E-state index is -0.246. The predicted octanol–water partition coefficient (Wildman–Crippen LogP) is 2.24. The Labute approximate surface area is 141 Å². The first-order valence-corrected chi connectivity index (χ1v) is 8.17. The third-order valence-electron chi connectivity index (χ3n) is 4.19. The molecule has 7 nitrogen and oxygen atoms in total. The SMILES string of the molecule is CCOC(=O)N1CCN(C(c2cccc(C)c2)c2ncon2)CC1. The van der Waals surface area contributed by atoms with Gasteiger partial charge in [-0.3, -0.25) is 4.90 Å². The van der Waals surface area contributed by atoms with Crippen LogP contribution in [0.5, 0.6) is 0 Å². The zero-order valence-electron chi connectivity index (χ0n) is 14.0. The Morgan fingerprint density at radius 2 is 2.12 bits per heavy atom. The second kappa shape index (κ2) is 7.44. The average molecular weight is 330 g/mol. The quantitative estimate of drug-likeness (QED) is 0.856. The van der Waals surface area contributed by atoms with Crippen LogP contribution >= 0.6 is 0 Å². The molecule has 1 aliphatic heterocycles. The van der Waals surface area contributed by atoms with Gasteiger partial charge in [0, 0.05) is 26.2 Å². The van der Waals surface area contributed by atoms with Gasteiger partial charge in [0.2, 0.25) is 6.39 Å². The van der Waals surface area contributed by atoms with Crippen molar-refractivity contribution >= 4 is 6.09 Å². The number of hydrogen-bond acceptors (Lipinski definition) is 6. The maximum atomic E-state index is 11.9. The lowest BCUT2D eigenvalue weighted by molar-refractivity contribution is 0.0701. The van der Waals surface area contributed by atoms with Crippen LogP contribution in [-0.4, -0.2) is 58.8 Å². The third kappa shape index (κ3) is 3.56. The molecule has 7 heteroatoms. The largest absolute Gasteiger partial charge is 0.450 e. The van der Waals surface area contributed by atoms with Gasteiger partial charge in [-0.1, -0.05) is 35.0 Å². The molecule has 128 valence electrons. The number of aromatic nitrogens is 2. The predicted molar refractivity (Wildman–Crippen MR) is 87.5 cm³/mol. The van der Waals surface area contributed by atoms with E-state index >= 15 is 0 Å². The molecule has 1 aliphatic rings. The Bertz CT molecular complexity index is 666. The summed E-state index contributed by atoms with van der Waals surface area (Å²) in [6.45, 7) is 6.98. The van der Waals surface area contributed by atoms with Crippen molar-refractivity contribution in [3.05, 3.63) is 47.6 Å². The highest BCUT2D eigenvalue weighted by molar-refractivity contribution is 5.67. The van der Waals surface area contributed by atoms with Crippen LogP contribution in [-0.2, 0) is 4.74 Å². The van der Waals surface area contributed by atoms with E-state index in [0.29, 0.717) is 25.5 Å². The topological polar surface area (TPSA) is 71.7 Å². The fourth-order valence-corrected chi connectivity index (χ4v) is 3.04. The summed E-state index contributed by atoms with van der Waals surface area (Å²) >= 11 is 0. The first-order valence-electron chi connectivity index (χ1n) is 8.17. The van der Waals surface area contributed by atoms with E-state index in [0.717, 1.165) is 18.7 Å². The summed E-state index contributed by atoms with van der Waals surface area (Å²) in [4.78, 5) is 20.1. The number of amides is 1. The summed E-state index contributed by atoms with van der Waals surface area (Å²) in [5.74, 6) is 0.644. The Hall–Kier alpha value is -2.41. The average Bonchev–Trinajstić information content (AvgIpc) is 3.10. The Balaban J connectivity index is 1.77. The lowest BCUT2D eigenvalue weighted by atomic mass is 10.0. The van der Waals surface area contributed by atoms with E-state index in [1.54, 1.807) is 4.90 Å². The van der Waals surface area contributed by atoms with Crippen LogP contribution in [0.2, 0.25) is 0 Å². The molecular formula is C17H22N4O3. The summed E-state index contributed by atoms with van der Waals surface area (Å²) < 4.78 is 10.0. The van der Waals surface area contributed by atoms with Crippen molar-refractivity contribution in [2.75, 3.05) is 32.8 Å². The number of nitrogens with zero attached hydrogens (tertiary/aromatic N) is 4. The normalized spacial score (nSPS) is 16.8. The Kier molecular flexibility index (Phi) is 5.10. The van der Waals surface area contributed by atoms with E-state index < -0.39 is 0 Å². The molecule has 24 heavy (non-hydrogen) atoms. The highest BCUT2D eigenvalue weighted by Crippen LogP contribution is 2.28. The van der Waals surface area contributed by atoms with Gasteiger partial charge in [0.05, 0.1) is 12.6 Å². The van der Waals surface area contributed by atoms with E-state index in [9.17, 15) is 4.79 Å². The van der Waals surface area contributed by atoms with Gasteiger partial charge in [0.15, 0.2) is 5.82 Å². The van der Waals surface area contributed by atoms with E-state index in [4.69, 9.17) is 9.26 Å². The molecule has 0 aliphatic carbocycles. The molecule has 0 saturated carbocycles. The number of aryl methyl sites for hydroxylation is 1. The van der Waals surface area contributed by atoms with Gasteiger partial charge >= 0.3 is 6.09 Å². The van der Waals surface area contributed by atoms with Crippen molar-refractivity contribution < 1.29 is 14.1 Å². The number of carbonyl (C=O) groups is 1. The summed E-state index contributed by atoms with van der Waals surface area (Å²) in [6, 6.07) is 8.24. The van der Waals surface area contributed by atoms with Crippen LogP contribution in [0.25, 0.3) is 0 Å².